The molecule has 0 N–H and O–H groups in total. The summed E-state index contributed by atoms with van der Waals surface area (Å²) in [6.07, 6.45) is 1.23. The van der Waals surface area contributed by atoms with Gasteiger partial charge in [-0.2, -0.15) is 0 Å². The number of piperidine rings is 1. The van der Waals surface area contributed by atoms with Crippen molar-refractivity contribution in [2.75, 3.05) is 18.0 Å². The number of anilines is 1. The normalized spacial score (nSPS) is 15.4. The lowest BCUT2D eigenvalue weighted by Gasteiger charge is -2.31. The molecule has 10 heteroatoms. The van der Waals surface area contributed by atoms with Gasteiger partial charge in [0.25, 0.3) is 0 Å². The fourth-order valence-corrected chi connectivity index (χ4v) is 7.02. The Kier molecular flexibility index (Phi) is 6.53. The predicted octanol–water partition coefficient (Wildman–Crippen LogP) is 5.76. The minimum atomic E-state index is -3.54. The molecule has 1 aliphatic rings. The molecule has 3 aromatic rings. The molecular formula is C21H18Cl2F2N2O2S2. The summed E-state index contributed by atoms with van der Waals surface area (Å²) in [6.45, 7) is 1.08. The molecule has 0 unspecified atom stereocenters. The Hall–Kier alpha value is -1.74. The fourth-order valence-electron chi connectivity index (χ4n) is 3.69. The molecule has 4 nitrogen and oxygen atoms in total. The van der Waals surface area contributed by atoms with Crippen molar-refractivity contribution < 1.29 is 17.2 Å². The van der Waals surface area contributed by atoms with E-state index in [0.29, 0.717) is 43.6 Å². The molecule has 1 fully saturated rings. The first kappa shape index (κ1) is 22.5. The minimum absolute atomic E-state index is 0.141. The summed E-state index contributed by atoms with van der Waals surface area (Å²) in [5.74, 6) is -1.23. The van der Waals surface area contributed by atoms with Crippen LogP contribution in [0.1, 0.15) is 24.1 Å². The molecule has 0 aliphatic carbocycles. The largest absolute Gasteiger partial charge is 0.348 e. The molecule has 0 radical (unpaired) electrons. The van der Waals surface area contributed by atoms with Crippen LogP contribution in [0.5, 0.6) is 0 Å². The summed E-state index contributed by atoms with van der Waals surface area (Å²) in [5, 5.41) is 2.69. The first-order valence-electron chi connectivity index (χ1n) is 9.55. The van der Waals surface area contributed by atoms with E-state index in [2.05, 4.69) is 4.98 Å². The average Bonchev–Trinajstić information content (AvgIpc) is 3.15. The summed E-state index contributed by atoms with van der Waals surface area (Å²) < 4.78 is 52.8. The van der Waals surface area contributed by atoms with Crippen LogP contribution in [0.2, 0.25) is 10.0 Å². The fraction of sp³-hybridized carbons (Fsp3) is 0.286. The molecular weight excluding hydrogens is 485 g/mol. The lowest BCUT2D eigenvalue weighted by molar-refractivity contribution is 0.529. The van der Waals surface area contributed by atoms with Crippen molar-refractivity contribution in [3.05, 3.63) is 74.7 Å². The van der Waals surface area contributed by atoms with Gasteiger partial charge in [0, 0.05) is 41.0 Å². The van der Waals surface area contributed by atoms with Crippen LogP contribution in [0.4, 0.5) is 13.9 Å². The van der Waals surface area contributed by atoms with Gasteiger partial charge in [-0.15, -0.1) is 11.3 Å². The summed E-state index contributed by atoms with van der Waals surface area (Å²) >= 11 is 13.4. The SMILES string of the molecule is O=S(=O)(c1cc(Cl)cc(Cl)c1)C1CCN(c2nc(Cc3cc(F)cc(F)c3)cs2)CC1. The molecule has 0 bridgehead atoms. The van der Waals surface area contributed by atoms with Crippen molar-refractivity contribution in [3.8, 4) is 0 Å². The first-order chi connectivity index (χ1) is 14.7. The van der Waals surface area contributed by atoms with Crippen LogP contribution in [0.25, 0.3) is 0 Å². The van der Waals surface area contributed by atoms with Crippen LogP contribution < -0.4 is 4.90 Å². The van der Waals surface area contributed by atoms with Crippen molar-refractivity contribution in [2.45, 2.75) is 29.4 Å². The van der Waals surface area contributed by atoms with E-state index < -0.39 is 26.7 Å². The number of halogens is 4. The third-order valence-electron chi connectivity index (χ3n) is 5.16. The van der Waals surface area contributed by atoms with Crippen LogP contribution >= 0.6 is 34.5 Å². The van der Waals surface area contributed by atoms with Gasteiger partial charge in [-0.1, -0.05) is 23.2 Å². The Morgan fingerprint density at radius 3 is 2.23 bits per heavy atom. The van der Waals surface area contributed by atoms with Crippen molar-refractivity contribution in [1.29, 1.82) is 0 Å². The zero-order valence-electron chi connectivity index (χ0n) is 16.2. The number of benzene rings is 2. The monoisotopic (exact) mass is 502 g/mol. The molecule has 0 atom stereocenters. The van der Waals surface area contributed by atoms with Gasteiger partial charge >= 0.3 is 0 Å². The minimum Gasteiger partial charge on any atom is -0.348 e. The van der Waals surface area contributed by atoms with E-state index in [-0.39, 0.29) is 14.9 Å². The van der Waals surface area contributed by atoms with E-state index in [9.17, 15) is 17.2 Å². The molecule has 0 saturated carbocycles. The number of nitrogens with zero attached hydrogens (tertiary/aromatic N) is 2. The van der Waals surface area contributed by atoms with E-state index >= 15 is 0 Å². The maximum atomic E-state index is 13.4. The van der Waals surface area contributed by atoms with Crippen molar-refractivity contribution >= 4 is 49.5 Å². The molecule has 1 aromatic heterocycles. The maximum absolute atomic E-state index is 13.4. The van der Waals surface area contributed by atoms with Gasteiger partial charge in [0.15, 0.2) is 15.0 Å². The third kappa shape index (κ3) is 5.19. The van der Waals surface area contributed by atoms with E-state index in [0.717, 1.165) is 11.2 Å². The second-order valence-electron chi connectivity index (χ2n) is 7.41. The van der Waals surface area contributed by atoms with Crippen molar-refractivity contribution in [2.24, 2.45) is 0 Å². The summed E-state index contributed by atoms with van der Waals surface area (Å²) in [7, 11) is -3.54. The molecule has 31 heavy (non-hydrogen) atoms. The summed E-state index contributed by atoms with van der Waals surface area (Å²) in [6, 6.07) is 7.78. The van der Waals surface area contributed by atoms with Gasteiger partial charge in [-0.3, -0.25) is 0 Å². The highest BCUT2D eigenvalue weighted by atomic mass is 35.5. The van der Waals surface area contributed by atoms with Gasteiger partial charge in [0.05, 0.1) is 15.8 Å². The predicted molar refractivity (Wildman–Crippen MR) is 120 cm³/mol. The molecule has 4 rings (SSSR count). The zero-order valence-corrected chi connectivity index (χ0v) is 19.3. The molecule has 1 saturated heterocycles. The highest BCUT2D eigenvalue weighted by molar-refractivity contribution is 7.92. The van der Waals surface area contributed by atoms with E-state index in [4.69, 9.17) is 23.2 Å². The lowest BCUT2D eigenvalue weighted by atomic mass is 10.1. The summed E-state index contributed by atoms with van der Waals surface area (Å²) in [5.41, 5.74) is 1.23. The Labute approximate surface area is 193 Å². The first-order valence-corrected chi connectivity index (χ1v) is 12.7. The van der Waals surface area contributed by atoms with Gasteiger partial charge in [0.1, 0.15) is 11.6 Å². The van der Waals surface area contributed by atoms with Crippen LogP contribution in [0.3, 0.4) is 0 Å². The highest BCUT2D eigenvalue weighted by Crippen LogP contribution is 2.31. The number of hydrogen-bond donors (Lipinski definition) is 0. The van der Waals surface area contributed by atoms with E-state index in [1.807, 2.05) is 10.3 Å². The number of aromatic nitrogens is 1. The van der Waals surface area contributed by atoms with E-state index in [1.165, 1.54) is 41.7 Å². The Morgan fingerprint density at radius 1 is 1.00 bits per heavy atom. The summed E-state index contributed by atoms with van der Waals surface area (Å²) in [4.78, 5) is 6.75. The van der Waals surface area contributed by atoms with Gasteiger partial charge in [-0.05, 0) is 48.7 Å². The number of sulfone groups is 1. The number of rotatable bonds is 5. The van der Waals surface area contributed by atoms with E-state index in [1.54, 1.807) is 0 Å². The average molecular weight is 503 g/mol. The smallest absolute Gasteiger partial charge is 0.185 e. The maximum Gasteiger partial charge on any atom is 0.185 e. The third-order valence-corrected chi connectivity index (χ3v) is 8.79. The van der Waals surface area contributed by atoms with Crippen LogP contribution in [-0.4, -0.2) is 31.7 Å². The Balaban J connectivity index is 1.42. The van der Waals surface area contributed by atoms with Crippen LogP contribution in [0.15, 0.2) is 46.7 Å². The Morgan fingerprint density at radius 2 is 1.61 bits per heavy atom. The molecule has 0 amide bonds. The lowest BCUT2D eigenvalue weighted by Crippen LogP contribution is -2.39. The van der Waals surface area contributed by atoms with Gasteiger partial charge in [0.2, 0.25) is 0 Å². The van der Waals surface area contributed by atoms with Gasteiger partial charge < -0.3 is 4.90 Å². The second kappa shape index (κ2) is 9.02. The van der Waals surface area contributed by atoms with Gasteiger partial charge in [-0.25, -0.2) is 22.2 Å². The quantitative estimate of drug-likeness (QED) is 0.444. The molecule has 164 valence electrons. The van der Waals surface area contributed by atoms with Crippen LogP contribution in [0, 0.1) is 11.6 Å². The van der Waals surface area contributed by atoms with Crippen molar-refractivity contribution in [3.63, 3.8) is 0 Å². The van der Waals surface area contributed by atoms with Crippen LogP contribution in [-0.2, 0) is 16.3 Å². The Bertz CT molecular complexity index is 1170. The molecule has 2 aromatic carbocycles. The zero-order chi connectivity index (χ0) is 22.2. The highest BCUT2D eigenvalue weighted by Gasteiger charge is 2.32. The molecule has 0 spiro atoms. The molecule has 2 heterocycles. The number of thiazole rings is 1. The standard InChI is InChI=1S/C21H18Cl2F2N2O2S2/c22-14-8-15(23)10-20(9-14)31(28,29)19-1-3-27(4-2-19)21-26-18(12-30-21)7-13-5-16(24)11-17(25)6-13/h5-6,8-12,19H,1-4,7H2. The topological polar surface area (TPSA) is 50.3 Å². The second-order valence-corrected chi connectivity index (χ2v) is 11.3. The number of hydrogen-bond acceptors (Lipinski definition) is 5. The molecule has 1 aliphatic heterocycles. The van der Waals surface area contributed by atoms with Crippen molar-refractivity contribution in [1.82, 2.24) is 4.98 Å².